The van der Waals surface area contributed by atoms with Crippen LogP contribution in [0.5, 0.6) is 0 Å². The fourth-order valence-electron chi connectivity index (χ4n) is 3.30. The SMILES string of the molecule is O=C(Nc1cn(Cc2ccccc2)nn1)N[C@@H]1CCO[C@H](C2CC2)C1. The molecule has 1 aliphatic heterocycles. The van der Waals surface area contributed by atoms with Crippen molar-refractivity contribution in [1.82, 2.24) is 20.3 Å². The van der Waals surface area contributed by atoms with E-state index < -0.39 is 0 Å². The Morgan fingerprint density at radius 2 is 2.08 bits per heavy atom. The van der Waals surface area contributed by atoms with E-state index in [0.717, 1.165) is 25.0 Å². The van der Waals surface area contributed by atoms with E-state index >= 15 is 0 Å². The van der Waals surface area contributed by atoms with Crippen molar-refractivity contribution in [3.63, 3.8) is 0 Å². The van der Waals surface area contributed by atoms with Gasteiger partial charge in [0.15, 0.2) is 5.82 Å². The summed E-state index contributed by atoms with van der Waals surface area (Å²) in [5.41, 5.74) is 1.14. The minimum absolute atomic E-state index is 0.165. The Kier molecular flexibility index (Phi) is 4.65. The largest absolute Gasteiger partial charge is 0.378 e. The zero-order valence-corrected chi connectivity index (χ0v) is 14.1. The first-order chi connectivity index (χ1) is 12.3. The number of hydrogen-bond acceptors (Lipinski definition) is 4. The number of anilines is 1. The maximum absolute atomic E-state index is 12.2. The predicted molar refractivity (Wildman–Crippen MR) is 93.2 cm³/mol. The monoisotopic (exact) mass is 341 g/mol. The van der Waals surface area contributed by atoms with Gasteiger partial charge in [0.2, 0.25) is 0 Å². The molecule has 1 saturated heterocycles. The van der Waals surface area contributed by atoms with Gasteiger partial charge in [0.05, 0.1) is 18.8 Å². The van der Waals surface area contributed by atoms with Gasteiger partial charge in [0, 0.05) is 12.6 Å². The quantitative estimate of drug-likeness (QED) is 0.875. The van der Waals surface area contributed by atoms with Gasteiger partial charge in [-0.25, -0.2) is 9.48 Å². The van der Waals surface area contributed by atoms with Crippen molar-refractivity contribution >= 4 is 11.8 Å². The van der Waals surface area contributed by atoms with Gasteiger partial charge >= 0.3 is 6.03 Å². The van der Waals surface area contributed by atoms with Gasteiger partial charge in [-0.1, -0.05) is 35.5 Å². The fourth-order valence-corrected chi connectivity index (χ4v) is 3.30. The van der Waals surface area contributed by atoms with Crippen LogP contribution in [0.15, 0.2) is 36.5 Å². The van der Waals surface area contributed by atoms with Gasteiger partial charge in [0.1, 0.15) is 0 Å². The third-order valence-corrected chi connectivity index (χ3v) is 4.77. The van der Waals surface area contributed by atoms with Crippen molar-refractivity contribution in [2.45, 2.75) is 44.4 Å². The maximum Gasteiger partial charge on any atom is 0.320 e. The highest BCUT2D eigenvalue weighted by Crippen LogP contribution is 2.38. The average molecular weight is 341 g/mol. The number of amides is 2. The molecule has 2 fully saturated rings. The lowest BCUT2D eigenvalue weighted by Gasteiger charge is -2.30. The van der Waals surface area contributed by atoms with Gasteiger partial charge in [-0.3, -0.25) is 5.32 Å². The first-order valence-electron chi connectivity index (χ1n) is 8.89. The molecule has 0 spiro atoms. The third kappa shape index (κ3) is 4.36. The second kappa shape index (κ2) is 7.23. The van der Waals surface area contributed by atoms with Gasteiger partial charge in [-0.15, -0.1) is 5.10 Å². The summed E-state index contributed by atoms with van der Waals surface area (Å²) in [6.07, 6.45) is 6.33. The minimum atomic E-state index is -0.229. The Hall–Kier alpha value is -2.41. The molecule has 2 aromatic rings. The molecule has 2 N–H and O–H groups in total. The molecule has 0 unspecified atom stereocenters. The van der Waals surface area contributed by atoms with Gasteiger partial charge in [-0.2, -0.15) is 0 Å². The molecule has 132 valence electrons. The summed E-state index contributed by atoms with van der Waals surface area (Å²) < 4.78 is 7.51. The molecule has 7 heteroatoms. The molecule has 2 heterocycles. The second-order valence-corrected chi connectivity index (χ2v) is 6.85. The summed E-state index contributed by atoms with van der Waals surface area (Å²) in [5, 5.41) is 13.9. The van der Waals surface area contributed by atoms with E-state index in [4.69, 9.17) is 4.74 Å². The maximum atomic E-state index is 12.2. The number of benzene rings is 1. The number of hydrogen-bond donors (Lipinski definition) is 2. The molecular weight excluding hydrogens is 318 g/mol. The van der Waals surface area contributed by atoms with Crippen molar-refractivity contribution < 1.29 is 9.53 Å². The lowest BCUT2D eigenvalue weighted by molar-refractivity contribution is -0.00889. The highest BCUT2D eigenvalue weighted by atomic mass is 16.5. The Balaban J connectivity index is 1.27. The normalized spacial score (nSPS) is 23.2. The zero-order valence-electron chi connectivity index (χ0n) is 14.1. The highest BCUT2D eigenvalue weighted by Gasteiger charge is 2.36. The number of aromatic nitrogens is 3. The smallest absolute Gasteiger partial charge is 0.320 e. The lowest BCUT2D eigenvalue weighted by Crippen LogP contribution is -2.44. The number of ether oxygens (including phenoxy) is 1. The summed E-state index contributed by atoms with van der Waals surface area (Å²) in [6, 6.07) is 9.95. The molecule has 2 aliphatic rings. The number of rotatable bonds is 5. The number of carbonyl (C=O) groups is 1. The molecule has 25 heavy (non-hydrogen) atoms. The van der Waals surface area contributed by atoms with Crippen LogP contribution in [0.4, 0.5) is 10.6 Å². The predicted octanol–water partition coefficient (Wildman–Crippen LogP) is 2.41. The molecule has 2 atom stereocenters. The van der Waals surface area contributed by atoms with Crippen LogP contribution < -0.4 is 10.6 Å². The molecule has 0 radical (unpaired) electrons. The summed E-state index contributed by atoms with van der Waals surface area (Å²) in [7, 11) is 0. The van der Waals surface area contributed by atoms with E-state index in [1.807, 2.05) is 30.3 Å². The van der Waals surface area contributed by atoms with Crippen LogP contribution in [-0.4, -0.2) is 39.8 Å². The van der Waals surface area contributed by atoms with Crippen LogP contribution in [0.3, 0.4) is 0 Å². The van der Waals surface area contributed by atoms with Crippen LogP contribution in [0.25, 0.3) is 0 Å². The molecule has 1 aromatic heterocycles. The third-order valence-electron chi connectivity index (χ3n) is 4.77. The van der Waals surface area contributed by atoms with Gasteiger partial charge < -0.3 is 10.1 Å². The number of nitrogens with zero attached hydrogens (tertiary/aromatic N) is 3. The van der Waals surface area contributed by atoms with Crippen LogP contribution >= 0.6 is 0 Å². The standard InChI is InChI=1S/C18H23N5O2/c24-18(19-15-8-9-25-16(10-15)14-6-7-14)20-17-12-23(22-21-17)11-13-4-2-1-3-5-13/h1-5,12,14-16H,6-11H2,(H2,19,20,24)/t15-,16+/m1/s1. The van der Waals surface area contributed by atoms with E-state index in [0.29, 0.717) is 24.4 Å². The van der Waals surface area contributed by atoms with Gasteiger partial charge in [-0.05, 0) is 37.2 Å². The van der Waals surface area contributed by atoms with Crippen LogP contribution in [0, 0.1) is 5.92 Å². The molecule has 2 amide bonds. The number of nitrogens with one attached hydrogen (secondary N) is 2. The summed E-state index contributed by atoms with van der Waals surface area (Å²) in [6.45, 7) is 1.35. The van der Waals surface area contributed by atoms with E-state index in [9.17, 15) is 4.79 Å². The van der Waals surface area contributed by atoms with E-state index in [1.165, 1.54) is 12.8 Å². The van der Waals surface area contributed by atoms with Crippen LogP contribution in [-0.2, 0) is 11.3 Å². The minimum Gasteiger partial charge on any atom is -0.378 e. The van der Waals surface area contributed by atoms with Crippen molar-refractivity contribution in [3.05, 3.63) is 42.1 Å². The van der Waals surface area contributed by atoms with E-state index in [2.05, 4.69) is 20.9 Å². The molecule has 1 aromatic carbocycles. The topological polar surface area (TPSA) is 81.1 Å². The lowest BCUT2D eigenvalue weighted by atomic mass is 10.0. The Bertz CT molecular complexity index is 713. The van der Waals surface area contributed by atoms with E-state index in [-0.39, 0.29) is 12.1 Å². The molecular formula is C18H23N5O2. The second-order valence-electron chi connectivity index (χ2n) is 6.85. The number of urea groups is 1. The Labute approximate surface area is 146 Å². The molecule has 0 bridgehead atoms. The molecule has 7 nitrogen and oxygen atoms in total. The first-order valence-corrected chi connectivity index (χ1v) is 8.89. The molecule has 4 rings (SSSR count). The highest BCUT2D eigenvalue weighted by molar-refractivity contribution is 5.88. The number of carbonyl (C=O) groups excluding carboxylic acids is 1. The zero-order chi connectivity index (χ0) is 17.1. The van der Waals surface area contributed by atoms with Crippen molar-refractivity contribution in [3.8, 4) is 0 Å². The van der Waals surface area contributed by atoms with E-state index in [1.54, 1.807) is 10.9 Å². The van der Waals surface area contributed by atoms with Crippen molar-refractivity contribution in [2.75, 3.05) is 11.9 Å². The summed E-state index contributed by atoms with van der Waals surface area (Å²) >= 11 is 0. The Morgan fingerprint density at radius 1 is 1.24 bits per heavy atom. The van der Waals surface area contributed by atoms with Gasteiger partial charge in [0.25, 0.3) is 0 Å². The summed E-state index contributed by atoms with van der Waals surface area (Å²) in [5.74, 6) is 1.16. The Morgan fingerprint density at radius 3 is 2.88 bits per heavy atom. The van der Waals surface area contributed by atoms with Crippen LogP contribution in [0.2, 0.25) is 0 Å². The first kappa shape index (κ1) is 16.1. The van der Waals surface area contributed by atoms with Crippen molar-refractivity contribution in [1.29, 1.82) is 0 Å². The van der Waals surface area contributed by atoms with Crippen LogP contribution in [0.1, 0.15) is 31.2 Å². The molecule has 1 aliphatic carbocycles. The fraction of sp³-hybridized carbons (Fsp3) is 0.500. The summed E-state index contributed by atoms with van der Waals surface area (Å²) in [4.78, 5) is 12.2. The molecule has 1 saturated carbocycles. The van der Waals surface area contributed by atoms with Crippen molar-refractivity contribution in [2.24, 2.45) is 5.92 Å². The average Bonchev–Trinajstić information content (AvgIpc) is 3.38.